The molecule has 3 N–H and O–H groups in total. The molecule has 1 amide bonds. The Hall–Kier alpha value is -2.33. The van der Waals surface area contributed by atoms with Crippen molar-refractivity contribution in [1.82, 2.24) is 5.48 Å². The zero-order valence-electron chi connectivity index (χ0n) is 13.3. The molecule has 0 fully saturated rings. The number of hydrogen-bond donors (Lipinski definition) is 3. The molecule has 0 saturated heterocycles. The van der Waals surface area contributed by atoms with Gasteiger partial charge in [0.05, 0.1) is 0 Å². The number of carbonyl (C=O) groups is 1. The van der Waals surface area contributed by atoms with Crippen molar-refractivity contribution in [2.75, 3.05) is 5.32 Å². The molecule has 0 heterocycles. The van der Waals surface area contributed by atoms with Crippen LogP contribution in [0.3, 0.4) is 0 Å². The number of hydrogen-bond acceptors (Lipinski definition) is 3. The van der Waals surface area contributed by atoms with Crippen LogP contribution in [0.2, 0.25) is 0 Å². The summed E-state index contributed by atoms with van der Waals surface area (Å²) in [5, 5.41) is 13.9. The van der Waals surface area contributed by atoms with E-state index >= 15 is 0 Å². The van der Waals surface area contributed by atoms with Gasteiger partial charge in [0.1, 0.15) is 0 Å². The molecule has 23 heavy (non-hydrogen) atoms. The Labute approximate surface area is 137 Å². The normalized spacial score (nSPS) is 10.5. The number of amides is 1. The minimum atomic E-state index is 0.0571. The van der Waals surface area contributed by atoms with E-state index in [4.69, 9.17) is 5.21 Å². The van der Waals surface area contributed by atoms with Gasteiger partial charge in [0.25, 0.3) is 0 Å². The van der Waals surface area contributed by atoms with Crippen LogP contribution in [-0.4, -0.2) is 11.1 Å². The molecule has 4 nitrogen and oxygen atoms in total. The summed E-state index contributed by atoms with van der Waals surface area (Å²) in [6.45, 7) is 3.66. The second-order valence-electron chi connectivity index (χ2n) is 5.74. The maximum Gasteiger partial charge on any atom is 0.224 e. The molecule has 0 radical (unpaired) electrons. The summed E-state index contributed by atoms with van der Waals surface area (Å²) in [4.78, 5) is 12.0. The fraction of sp³-hybridized carbons (Fsp3) is 0.316. The summed E-state index contributed by atoms with van der Waals surface area (Å²) in [6, 6.07) is 14.1. The van der Waals surface area contributed by atoms with Gasteiger partial charge in [0, 0.05) is 17.8 Å². The van der Waals surface area contributed by atoms with E-state index in [1.807, 2.05) is 36.4 Å². The van der Waals surface area contributed by atoms with E-state index < -0.39 is 0 Å². The van der Waals surface area contributed by atoms with E-state index in [1.54, 1.807) is 0 Å². The fourth-order valence-corrected chi connectivity index (χ4v) is 2.52. The van der Waals surface area contributed by atoms with Crippen LogP contribution in [0.5, 0.6) is 0 Å². The number of anilines is 1. The number of unbranched alkanes of at least 4 members (excludes halogenated alkanes) is 3. The minimum Gasteiger partial charge on any atom is -0.326 e. The molecule has 0 aliphatic heterocycles. The molecule has 2 aromatic rings. The Kier molecular flexibility index (Phi) is 6.63. The summed E-state index contributed by atoms with van der Waals surface area (Å²) in [5.41, 5.74) is 3.54. The zero-order chi connectivity index (χ0) is 16.5. The molecule has 0 aromatic heterocycles. The SMILES string of the molecule is C=C(CCCCCCC(=O)Nc1ccc2ccccc2c1)NO. The van der Waals surface area contributed by atoms with Crippen LogP contribution < -0.4 is 10.8 Å². The molecular weight excluding hydrogens is 288 g/mol. The van der Waals surface area contributed by atoms with Crippen molar-refractivity contribution in [3.63, 3.8) is 0 Å². The molecule has 0 aliphatic carbocycles. The quantitative estimate of drug-likeness (QED) is 0.468. The van der Waals surface area contributed by atoms with Crippen LogP contribution in [0.4, 0.5) is 5.69 Å². The summed E-state index contributed by atoms with van der Waals surface area (Å²) < 4.78 is 0. The molecule has 0 atom stereocenters. The van der Waals surface area contributed by atoms with Gasteiger partial charge in [0.2, 0.25) is 5.91 Å². The third kappa shape index (κ3) is 5.75. The van der Waals surface area contributed by atoms with Gasteiger partial charge in [-0.15, -0.1) is 0 Å². The molecule has 0 saturated carbocycles. The van der Waals surface area contributed by atoms with E-state index in [-0.39, 0.29) is 5.91 Å². The molecular formula is C19H24N2O2. The molecule has 0 bridgehead atoms. The number of hydroxylamine groups is 1. The average Bonchev–Trinajstić information content (AvgIpc) is 2.57. The largest absolute Gasteiger partial charge is 0.326 e. The smallest absolute Gasteiger partial charge is 0.224 e. The Morgan fingerprint density at radius 2 is 1.65 bits per heavy atom. The summed E-state index contributed by atoms with van der Waals surface area (Å²) in [5.74, 6) is 0.0571. The molecule has 2 rings (SSSR count). The van der Waals surface area contributed by atoms with E-state index in [9.17, 15) is 4.79 Å². The number of benzene rings is 2. The van der Waals surface area contributed by atoms with Crippen molar-refractivity contribution in [3.05, 3.63) is 54.7 Å². The highest BCUT2D eigenvalue weighted by molar-refractivity contribution is 5.94. The van der Waals surface area contributed by atoms with Crippen molar-refractivity contribution in [2.45, 2.75) is 38.5 Å². The third-order valence-corrected chi connectivity index (χ3v) is 3.82. The lowest BCUT2D eigenvalue weighted by atomic mass is 10.1. The van der Waals surface area contributed by atoms with Gasteiger partial charge in [-0.3, -0.25) is 15.5 Å². The molecule has 2 aromatic carbocycles. The number of carbonyl (C=O) groups excluding carboxylic acids is 1. The zero-order valence-corrected chi connectivity index (χ0v) is 13.3. The van der Waals surface area contributed by atoms with E-state index in [0.29, 0.717) is 12.1 Å². The molecule has 122 valence electrons. The van der Waals surface area contributed by atoms with Gasteiger partial charge in [-0.1, -0.05) is 49.8 Å². The van der Waals surface area contributed by atoms with Crippen molar-refractivity contribution >= 4 is 22.4 Å². The van der Waals surface area contributed by atoms with Crippen molar-refractivity contribution in [2.24, 2.45) is 0 Å². The van der Waals surface area contributed by atoms with Crippen molar-refractivity contribution in [1.29, 1.82) is 0 Å². The molecule has 0 unspecified atom stereocenters. The lowest BCUT2D eigenvalue weighted by Crippen LogP contribution is -2.11. The highest BCUT2D eigenvalue weighted by Crippen LogP contribution is 2.19. The Morgan fingerprint density at radius 3 is 2.39 bits per heavy atom. The second kappa shape index (κ2) is 8.96. The van der Waals surface area contributed by atoms with E-state index in [0.717, 1.165) is 43.2 Å². The van der Waals surface area contributed by atoms with Gasteiger partial charge in [-0.25, -0.2) is 0 Å². The predicted octanol–water partition coefficient (Wildman–Crippen LogP) is 4.61. The topological polar surface area (TPSA) is 61.4 Å². The molecule has 0 spiro atoms. The monoisotopic (exact) mass is 312 g/mol. The summed E-state index contributed by atoms with van der Waals surface area (Å²) in [6.07, 6.45) is 5.18. The summed E-state index contributed by atoms with van der Waals surface area (Å²) >= 11 is 0. The van der Waals surface area contributed by atoms with Crippen molar-refractivity contribution < 1.29 is 10.0 Å². The second-order valence-corrected chi connectivity index (χ2v) is 5.74. The molecule has 4 heteroatoms. The standard InChI is InChI=1S/C19H24N2O2/c1-15(21-23)8-4-2-3-5-11-19(22)20-18-13-12-16-9-6-7-10-17(16)14-18/h6-7,9-10,12-14,21,23H,1-5,8,11H2,(H,20,22). The first-order valence-corrected chi connectivity index (χ1v) is 8.05. The lowest BCUT2D eigenvalue weighted by Gasteiger charge is -2.07. The number of rotatable bonds is 9. The average molecular weight is 312 g/mol. The van der Waals surface area contributed by atoms with Gasteiger partial charge in [-0.05, 0) is 42.2 Å². The van der Waals surface area contributed by atoms with Gasteiger partial charge in [0.15, 0.2) is 0 Å². The first-order valence-electron chi connectivity index (χ1n) is 8.05. The van der Waals surface area contributed by atoms with Crippen LogP contribution in [0.25, 0.3) is 10.8 Å². The first kappa shape index (κ1) is 17.0. The van der Waals surface area contributed by atoms with E-state index in [1.165, 1.54) is 5.39 Å². The van der Waals surface area contributed by atoms with Crippen LogP contribution >= 0.6 is 0 Å². The van der Waals surface area contributed by atoms with Crippen LogP contribution in [-0.2, 0) is 4.79 Å². The Balaban J connectivity index is 1.68. The van der Waals surface area contributed by atoms with Crippen LogP contribution in [0.1, 0.15) is 38.5 Å². The van der Waals surface area contributed by atoms with Gasteiger partial charge < -0.3 is 5.32 Å². The van der Waals surface area contributed by atoms with Gasteiger partial charge >= 0.3 is 0 Å². The van der Waals surface area contributed by atoms with Crippen LogP contribution in [0.15, 0.2) is 54.7 Å². The maximum absolute atomic E-state index is 12.0. The highest BCUT2D eigenvalue weighted by atomic mass is 16.5. The summed E-state index contributed by atoms with van der Waals surface area (Å²) in [7, 11) is 0. The van der Waals surface area contributed by atoms with Gasteiger partial charge in [-0.2, -0.15) is 0 Å². The Bertz CT molecular complexity index is 667. The number of allylic oxidation sites excluding steroid dienone is 1. The lowest BCUT2D eigenvalue weighted by molar-refractivity contribution is -0.116. The van der Waals surface area contributed by atoms with Crippen LogP contribution in [0, 0.1) is 0 Å². The maximum atomic E-state index is 12.0. The first-order chi connectivity index (χ1) is 11.2. The highest BCUT2D eigenvalue weighted by Gasteiger charge is 2.03. The van der Waals surface area contributed by atoms with Crippen molar-refractivity contribution in [3.8, 4) is 0 Å². The number of nitrogens with one attached hydrogen (secondary N) is 2. The Morgan fingerprint density at radius 1 is 0.957 bits per heavy atom. The number of fused-ring (bicyclic) bond motifs is 1. The molecule has 0 aliphatic rings. The van der Waals surface area contributed by atoms with E-state index in [2.05, 4.69) is 23.4 Å². The third-order valence-electron chi connectivity index (χ3n) is 3.82. The predicted molar refractivity (Wildman–Crippen MR) is 94.3 cm³/mol. The minimum absolute atomic E-state index is 0.0571. The fourth-order valence-electron chi connectivity index (χ4n) is 2.52.